The van der Waals surface area contributed by atoms with Crippen molar-refractivity contribution in [3.8, 4) is 0 Å². The monoisotopic (exact) mass is 320 g/mol. The van der Waals surface area contributed by atoms with E-state index in [4.69, 9.17) is 17.3 Å². The first kappa shape index (κ1) is 19.2. The van der Waals surface area contributed by atoms with Crippen molar-refractivity contribution in [2.24, 2.45) is 11.7 Å². The Hall–Kier alpha value is -0.810. The summed E-state index contributed by atoms with van der Waals surface area (Å²) in [7, 11) is 0. The van der Waals surface area contributed by atoms with Crippen LogP contribution >= 0.6 is 24.0 Å². The third kappa shape index (κ3) is 6.57. The van der Waals surface area contributed by atoms with Crippen molar-refractivity contribution < 1.29 is 9.90 Å². The number of aliphatic hydroxyl groups excluding tert-OH is 1. The lowest BCUT2D eigenvalue weighted by atomic mass is 10.0. The van der Waals surface area contributed by atoms with Gasteiger partial charge >= 0.3 is 0 Å². The fourth-order valence-corrected chi connectivity index (χ4v) is 1.87. The van der Waals surface area contributed by atoms with E-state index in [-0.39, 0.29) is 24.9 Å². The average Bonchev–Trinajstić information content (AvgIpc) is 2.35. The smallest absolute Gasteiger partial charge is 0.237 e. The van der Waals surface area contributed by atoms with Gasteiger partial charge in [-0.3, -0.25) is 4.79 Å². The Morgan fingerprint density at radius 2 is 1.90 bits per heavy atom. The van der Waals surface area contributed by atoms with Gasteiger partial charge < -0.3 is 16.2 Å². The number of rotatable bonds is 6. The SMILES string of the molecule is CC(C)C[C@H](N)C(=O)NCC(O)c1ccc(Cl)cc1.Cl. The quantitative estimate of drug-likeness (QED) is 0.752. The van der Waals surface area contributed by atoms with Crippen LogP contribution < -0.4 is 11.1 Å². The summed E-state index contributed by atoms with van der Waals surface area (Å²) in [6.45, 7) is 4.16. The fourth-order valence-electron chi connectivity index (χ4n) is 1.75. The van der Waals surface area contributed by atoms with Gasteiger partial charge in [0.1, 0.15) is 0 Å². The van der Waals surface area contributed by atoms with Gasteiger partial charge in [0.25, 0.3) is 0 Å². The van der Waals surface area contributed by atoms with E-state index in [2.05, 4.69) is 5.32 Å². The molecular weight excluding hydrogens is 299 g/mol. The van der Waals surface area contributed by atoms with Crippen molar-refractivity contribution in [2.75, 3.05) is 6.54 Å². The fraction of sp³-hybridized carbons (Fsp3) is 0.500. The van der Waals surface area contributed by atoms with Crippen LogP contribution in [0.5, 0.6) is 0 Å². The van der Waals surface area contributed by atoms with Gasteiger partial charge in [-0.2, -0.15) is 0 Å². The molecule has 0 aliphatic heterocycles. The summed E-state index contributed by atoms with van der Waals surface area (Å²) in [5.74, 6) is 0.128. The highest BCUT2D eigenvalue weighted by Crippen LogP contribution is 2.15. The molecule has 6 heteroatoms. The summed E-state index contributed by atoms with van der Waals surface area (Å²) in [5.41, 5.74) is 6.46. The highest BCUT2D eigenvalue weighted by Gasteiger charge is 2.16. The summed E-state index contributed by atoms with van der Waals surface area (Å²) in [5, 5.41) is 13.2. The van der Waals surface area contributed by atoms with E-state index in [9.17, 15) is 9.90 Å². The largest absolute Gasteiger partial charge is 0.387 e. The Morgan fingerprint density at radius 3 is 2.40 bits per heavy atom. The second-order valence-electron chi connectivity index (χ2n) is 5.05. The lowest BCUT2D eigenvalue weighted by Gasteiger charge is -2.16. The van der Waals surface area contributed by atoms with Crippen LogP contribution in [0.1, 0.15) is 31.9 Å². The summed E-state index contributed by atoms with van der Waals surface area (Å²) in [4.78, 5) is 11.7. The first-order valence-corrected chi connectivity index (χ1v) is 6.74. The third-order valence-corrected chi connectivity index (χ3v) is 3.04. The van der Waals surface area contributed by atoms with E-state index in [1.807, 2.05) is 13.8 Å². The zero-order valence-corrected chi connectivity index (χ0v) is 13.2. The minimum Gasteiger partial charge on any atom is -0.387 e. The van der Waals surface area contributed by atoms with Gasteiger partial charge in [0.05, 0.1) is 12.1 Å². The summed E-state index contributed by atoms with van der Waals surface area (Å²) in [6.07, 6.45) is -0.129. The van der Waals surface area contributed by atoms with Crippen LogP contribution in [0, 0.1) is 5.92 Å². The van der Waals surface area contributed by atoms with Gasteiger partial charge in [0.2, 0.25) is 5.91 Å². The molecule has 1 aromatic carbocycles. The van der Waals surface area contributed by atoms with E-state index in [1.165, 1.54) is 0 Å². The third-order valence-electron chi connectivity index (χ3n) is 2.79. The second kappa shape index (κ2) is 9.19. The predicted octanol–water partition coefficient (Wildman–Crippen LogP) is 2.28. The van der Waals surface area contributed by atoms with Crippen molar-refractivity contribution in [3.63, 3.8) is 0 Å². The number of benzene rings is 1. The number of halogens is 2. The maximum atomic E-state index is 11.7. The number of nitrogens with two attached hydrogens (primary N) is 1. The Labute approximate surface area is 131 Å². The van der Waals surface area contributed by atoms with Crippen LogP contribution in [-0.4, -0.2) is 23.6 Å². The number of hydrogen-bond acceptors (Lipinski definition) is 3. The molecule has 1 rings (SSSR count). The maximum absolute atomic E-state index is 11.7. The number of hydrogen-bond donors (Lipinski definition) is 3. The molecule has 0 aromatic heterocycles. The molecule has 0 aliphatic carbocycles. The molecule has 1 amide bonds. The molecule has 0 saturated heterocycles. The highest BCUT2D eigenvalue weighted by molar-refractivity contribution is 6.30. The molecule has 0 fully saturated rings. The second-order valence-corrected chi connectivity index (χ2v) is 5.48. The highest BCUT2D eigenvalue weighted by atomic mass is 35.5. The van der Waals surface area contributed by atoms with Gasteiger partial charge in [0, 0.05) is 11.6 Å². The Kier molecular flexibility index (Phi) is 8.81. The molecule has 0 saturated carbocycles. The molecule has 20 heavy (non-hydrogen) atoms. The van der Waals surface area contributed by atoms with E-state index >= 15 is 0 Å². The molecule has 1 unspecified atom stereocenters. The van der Waals surface area contributed by atoms with Crippen molar-refractivity contribution >= 4 is 29.9 Å². The Bertz CT molecular complexity index is 410. The summed E-state index contributed by atoms with van der Waals surface area (Å²) in [6, 6.07) is 6.33. The molecule has 0 radical (unpaired) electrons. The maximum Gasteiger partial charge on any atom is 0.237 e. The van der Waals surface area contributed by atoms with Crippen molar-refractivity contribution in [3.05, 3.63) is 34.9 Å². The molecule has 1 aromatic rings. The van der Waals surface area contributed by atoms with Gasteiger partial charge in [-0.25, -0.2) is 0 Å². The van der Waals surface area contributed by atoms with Gasteiger partial charge in [-0.1, -0.05) is 37.6 Å². The van der Waals surface area contributed by atoms with Crippen molar-refractivity contribution in [2.45, 2.75) is 32.4 Å². The van der Waals surface area contributed by atoms with Crippen LogP contribution in [0.25, 0.3) is 0 Å². The zero-order valence-electron chi connectivity index (χ0n) is 11.7. The lowest BCUT2D eigenvalue weighted by molar-refractivity contribution is -0.123. The van der Waals surface area contributed by atoms with Crippen LogP contribution in [0.15, 0.2) is 24.3 Å². The molecule has 114 valence electrons. The van der Waals surface area contributed by atoms with Gasteiger partial charge in [0.15, 0.2) is 0 Å². The van der Waals surface area contributed by atoms with E-state index in [0.717, 1.165) is 0 Å². The minimum atomic E-state index is -0.757. The van der Waals surface area contributed by atoms with Crippen LogP contribution in [-0.2, 0) is 4.79 Å². The summed E-state index contributed by atoms with van der Waals surface area (Å²) < 4.78 is 0. The number of nitrogens with one attached hydrogen (secondary N) is 1. The summed E-state index contributed by atoms with van der Waals surface area (Å²) >= 11 is 5.77. The molecule has 2 atom stereocenters. The Morgan fingerprint density at radius 1 is 1.35 bits per heavy atom. The first-order chi connectivity index (χ1) is 8.90. The normalized spacial score (nSPS) is 13.5. The van der Waals surface area contributed by atoms with Crippen molar-refractivity contribution in [1.29, 1.82) is 0 Å². The molecular formula is C14H22Cl2N2O2. The van der Waals surface area contributed by atoms with Crippen molar-refractivity contribution in [1.82, 2.24) is 5.32 Å². The van der Waals surface area contributed by atoms with Gasteiger partial charge in [-0.05, 0) is 30.0 Å². The van der Waals surface area contributed by atoms with E-state index in [1.54, 1.807) is 24.3 Å². The average molecular weight is 321 g/mol. The topological polar surface area (TPSA) is 75.4 Å². The predicted molar refractivity (Wildman–Crippen MR) is 84.1 cm³/mol. The first-order valence-electron chi connectivity index (χ1n) is 6.37. The van der Waals surface area contributed by atoms with E-state index < -0.39 is 12.1 Å². The van der Waals surface area contributed by atoms with Crippen LogP contribution in [0.4, 0.5) is 0 Å². The van der Waals surface area contributed by atoms with Crippen LogP contribution in [0.2, 0.25) is 5.02 Å². The molecule has 0 spiro atoms. The zero-order chi connectivity index (χ0) is 14.4. The minimum absolute atomic E-state index is 0. The number of carbonyl (C=O) groups is 1. The molecule has 4 nitrogen and oxygen atoms in total. The molecule has 4 N–H and O–H groups in total. The lowest BCUT2D eigenvalue weighted by Crippen LogP contribution is -2.42. The number of amides is 1. The Balaban J connectivity index is 0.00000361. The van der Waals surface area contributed by atoms with E-state index in [0.29, 0.717) is 22.9 Å². The van der Waals surface area contributed by atoms with Gasteiger partial charge in [-0.15, -0.1) is 12.4 Å². The number of aliphatic hydroxyl groups is 1. The molecule has 0 aliphatic rings. The van der Waals surface area contributed by atoms with Crippen LogP contribution in [0.3, 0.4) is 0 Å². The molecule has 0 heterocycles. The number of carbonyl (C=O) groups excluding carboxylic acids is 1. The molecule has 0 bridgehead atoms. The standard InChI is InChI=1S/C14H21ClN2O2.ClH/c1-9(2)7-12(16)14(19)17-8-13(18)10-3-5-11(15)6-4-10;/h3-6,9,12-13,18H,7-8,16H2,1-2H3,(H,17,19);1H/t12-,13?;/m0./s1.